The van der Waals surface area contributed by atoms with Crippen LogP contribution in [0.3, 0.4) is 0 Å². The molecule has 0 aliphatic heterocycles. The number of carbonyl (C=O) groups is 1. The van der Waals surface area contributed by atoms with Gasteiger partial charge in [-0.2, -0.15) is 0 Å². The summed E-state index contributed by atoms with van der Waals surface area (Å²) in [6, 6.07) is 4.76. The van der Waals surface area contributed by atoms with Crippen molar-refractivity contribution < 1.29 is 18.7 Å². The molecule has 1 aromatic carbocycles. The van der Waals surface area contributed by atoms with Crippen LogP contribution in [0, 0.1) is 9.39 Å². The number of halogens is 3. The number of carbonyl (C=O) groups excluding carboxylic acids is 1. The predicted molar refractivity (Wildman–Crippen MR) is 91.4 cm³/mol. The third-order valence-electron chi connectivity index (χ3n) is 2.76. The molecule has 0 saturated carbocycles. The summed E-state index contributed by atoms with van der Waals surface area (Å²) in [6.45, 7) is 0.326. The number of aromatic nitrogens is 1. The lowest BCUT2D eigenvalue weighted by molar-refractivity contribution is 0.0593. The first-order chi connectivity index (χ1) is 10.5. The van der Waals surface area contributed by atoms with Gasteiger partial charge < -0.3 is 9.47 Å². The zero-order valence-corrected chi connectivity index (χ0v) is 15.3. The van der Waals surface area contributed by atoms with E-state index in [0.29, 0.717) is 27.5 Å². The molecule has 2 rings (SSSR count). The molecular weight excluding hydrogens is 444 g/mol. The lowest BCUT2D eigenvalue weighted by Gasteiger charge is -2.08. The van der Waals surface area contributed by atoms with Crippen LogP contribution in [0.1, 0.15) is 21.8 Å². The molecule has 0 unspecified atom stereocenters. The Labute approximate surface area is 149 Å². The molecule has 0 radical (unpaired) electrons. The zero-order chi connectivity index (χ0) is 16.1. The Morgan fingerprint density at radius 2 is 2.27 bits per heavy atom. The van der Waals surface area contributed by atoms with Crippen molar-refractivity contribution in [3.05, 3.63) is 42.6 Å². The SMILES string of the molecule is COC(=O)c1nc(Cl)sc1CCCOc1c(F)cccc1I. The third kappa shape index (κ3) is 4.30. The number of thiazole rings is 1. The Morgan fingerprint density at radius 1 is 1.50 bits per heavy atom. The molecule has 0 saturated heterocycles. The predicted octanol–water partition coefficient (Wildman–Crippen LogP) is 4.34. The van der Waals surface area contributed by atoms with Gasteiger partial charge >= 0.3 is 5.97 Å². The molecule has 0 amide bonds. The molecule has 0 spiro atoms. The van der Waals surface area contributed by atoms with E-state index < -0.39 is 5.97 Å². The molecule has 0 fully saturated rings. The number of rotatable bonds is 6. The van der Waals surface area contributed by atoms with Gasteiger partial charge in [-0.3, -0.25) is 0 Å². The van der Waals surface area contributed by atoms with Crippen molar-refractivity contribution in [2.75, 3.05) is 13.7 Å². The second-order valence-electron chi connectivity index (χ2n) is 4.23. The molecule has 0 N–H and O–H groups in total. The van der Waals surface area contributed by atoms with Crippen molar-refractivity contribution >= 4 is 51.5 Å². The summed E-state index contributed by atoms with van der Waals surface area (Å²) in [6.07, 6.45) is 1.16. The van der Waals surface area contributed by atoms with Gasteiger partial charge in [0.25, 0.3) is 0 Å². The molecule has 0 aliphatic rings. The summed E-state index contributed by atoms with van der Waals surface area (Å²) in [5.41, 5.74) is 0.234. The van der Waals surface area contributed by atoms with Crippen LogP contribution in [0.5, 0.6) is 5.75 Å². The van der Waals surface area contributed by atoms with Crippen molar-refractivity contribution in [1.82, 2.24) is 4.98 Å². The summed E-state index contributed by atoms with van der Waals surface area (Å²) >= 11 is 9.09. The monoisotopic (exact) mass is 455 g/mol. The van der Waals surface area contributed by atoms with E-state index in [4.69, 9.17) is 16.3 Å². The van der Waals surface area contributed by atoms with Crippen molar-refractivity contribution in [2.45, 2.75) is 12.8 Å². The minimum Gasteiger partial charge on any atom is -0.489 e. The van der Waals surface area contributed by atoms with Gasteiger partial charge in [-0.25, -0.2) is 14.2 Å². The summed E-state index contributed by atoms with van der Waals surface area (Å²) in [5, 5.41) is 0. The maximum atomic E-state index is 13.6. The minimum atomic E-state index is -0.511. The van der Waals surface area contributed by atoms with E-state index in [2.05, 4.69) is 9.72 Å². The third-order valence-corrected chi connectivity index (χ3v) is 4.83. The van der Waals surface area contributed by atoms with Gasteiger partial charge in [0, 0.05) is 4.88 Å². The number of ether oxygens (including phenoxy) is 2. The van der Waals surface area contributed by atoms with Crippen LogP contribution < -0.4 is 4.74 Å². The van der Waals surface area contributed by atoms with Crippen LogP contribution in [0.25, 0.3) is 0 Å². The second-order valence-corrected chi connectivity index (χ2v) is 7.06. The highest BCUT2D eigenvalue weighted by Gasteiger charge is 2.18. The van der Waals surface area contributed by atoms with E-state index >= 15 is 0 Å². The van der Waals surface area contributed by atoms with Crippen LogP contribution in [0.15, 0.2) is 18.2 Å². The Balaban J connectivity index is 1.93. The number of aryl methyl sites for hydroxylation is 1. The zero-order valence-electron chi connectivity index (χ0n) is 11.6. The topological polar surface area (TPSA) is 48.4 Å². The first-order valence-corrected chi connectivity index (χ1v) is 8.60. The highest BCUT2D eigenvalue weighted by atomic mass is 127. The fraction of sp³-hybridized carbons (Fsp3) is 0.286. The molecule has 22 heavy (non-hydrogen) atoms. The average Bonchev–Trinajstić information content (AvgIpc) is 2.86. The largest absolute Gasteiger partial charge is 0.489 e. The summed E-state index contributed by atoms with van der Waals surface area (Å²) in [5.74, 6) is -0.649. The smallest absolute Gasteiger partial charge is 0.357 e. The lowest BCUT2D eigenvalue weighted by Crippen LogP contribution is -2.07. The van der Waals surface area contributed by atoms with E-state index in [1.807, 2.05) is 22.6 Å². The van der Waals surface area contributed by atoms with Gasteiger partial charge in [-0.15, -0.1) is 11.3 Å². The average molecular weight is 456 g/mol. The number of nitrogens with zero attached hydrogens (tertiary/aromatic N) is 1. The summed E-state index contributed by atoms with van der Waals surface area (Å²) in [4.78, 5) is 16.3. The number of para-hydroxylation sites is 1. The summed E-state index contributed by atoms with van der Waals surface area (Å²) < 4.78 is 24.7. The lowest BCUT2D eigenvalue weighted by atomic mass is 10.2. The van der Waals surface area contributed by atoms with Crippen LogP contribution >= 0.6 is 45.5 Å². The Kier molecular flexibility index (Phi) is 6.39. The molecule has 8 heteroatoms. The van der Waals surface area contributed by atoms with Crippen LogP contribution in [0.2, 0.25) is 4.47 Å². The molecule has 118 valence electrons. The van der Waals surface area contributed by atoms with Crippen LogP contribution in [-0.4, -0.2) is 24.7 Å². The maximum absolute atomic E-state index is 13.6. The van der Waals surface area contributed by atoms with E-state index in [9.17, 15) is 9.18 Å². The van der Waals surface area contributed by atoms with Gasteiger partial charge in [-0.1, -0.05) is 17.7 Å². The molecule has 1 aromatic heterocycles. The van der Waals surface area contributed by atoms with E-state index in [0.717, 1.165) is 4.88 Å². The van der Waals surface area contributed by atoms with Gasteiger partial charge in [0.1, 0.15) is 0 Å². The molecule has 0 aliphatic carbocycles. The maximum Gasteiger partial charge on any atom is 0.357 e. The van der Waals surface area contributed by atoms with Gasteiger partial charge in [0.05, 0.1) is 17.3 Å². The first kappa shape index (κ1) is 17.4. The van der Waals surface area contributed by atoms with E-state index in [1.54, 1.807) is 12.1 Å². The molecule has 0 atom stereocenters. The Morgan fingerprint density at radius 3 is 2.95 bits per heavy atom. The standard InChI is InChI=1S/C14H12ClFINO3S/c1-20-13(19)11-10(22-14(15)18-11)6-3-7-21-12-8(16)4-2-5-9(12)17/h2,4-5H,3,6-7H2,1H3. The van der Waals surface area contributed by atoms with Crippen LogP contribution in [-0.2, 0) is 11.2 Å². The normalized spacial score (nSPS) is 10.5. The quantitative estimate of drug-likeness (QED) is 0.369. The molecular formula is C14H12ClFINO3S. The number of methoxy groups -OCH3 is 1. The second kappa shape index (κ2) is 8.07. The number of hydrogen-bond acceptors (Lipinski definition) is 5. The molecule has 2 aromatic rings. The van der Waals surface area contributed by atoms with Gasteiger partial charge in [-0.05, 0) is 47.6 Å². The Bertz CT molecular complexity index is 660. The highest BCUT2D eigenvalue weighted by Crippen LogP contribution is 2.26. The first-order valence-electron chi connectivity index (χ1n) is 6.33. The van der Waals surface area contributed by atoms with E-state index in [1.165, 1.54) is 24.5 Å². The van der Waals surface area contributed by atoms with Gasteiger partial charge in [0.2, 0.25) is 0 Å². The van der Waals surface area contributed by atoms with Crippen molar-refractivity contribution in [3.63, 3.8) is 0 Å². The van der Waals surface area contributed by atoms with E-state index in [-0.39, 0.29) is 17.3 Å². The summed E-state index contributed by atoms with van der Waals surface area (Å²) in [7, 11) is 1.29. The van der Waals surface area contributed by atoms with Crippen molar-refractivity contribution in [1.29, 1.82) is 0 Å². The minimum absolute atomic E-state index is 0.234. The fourth-order valence-electron chi connectivity index (χ4n) is 1.78. The number of hydrogen-bond donors (Lipinski definition) is 0. The van der Waals surface area contributed by atoms with Gasteiger partial charge in [0.15, 0.2) is 21.7 Å². The van der Waals surface area contributed by atoms with Crippen molar-refractivity contribution in [3.8, 4) is 5.75 Å². The number of benzene rings is 1. The van der Waals surface area contributed by atoms with Crippen LogP contribution in [0.4, 0.5) is 4.39 Å². The fourth-order valence-corrected chi connectivity index (χ4v) is 3.57. The molecule has 4 nitrogen and oxygen atoms in total. The highest BCUT2D eigenvalue weighted by molar-refractivity contribution is 14.1. The number of esters is 1. The van der Waals surface area contributed by atoms with Crippen molar-refractivity contribution in [2.24, 2.45) is 0 Å². The molecule has 1 heterocycles. The Hall–Kier alpha value is -0.930. The molecule has 0 bridgehead atoms.